The van der Waals surface area contributed by atoms with E-state index in [0.717, 1.165) is 5.75 Å². The number of aliphatic hydroxyl groups is 1. The van der Waals surface area contributed by atoms with Crippen LogP contribution in [0.5, 0.6) is 0 Å². The second-order valence-corrected chi connectivity index (χ2v) is 2.54. The van der Waals surface area contributed by atoms with Gasteiger partial charge in [-0.3, -0.25) is 4.99 Å². The van der Waals surface area contributed by atoms with Crippen LogP contribution >= 0.6 is 11.8 Å². The fourth-order valence-corrected chi connectivity index (χ4v) is 0.600. The molecule has 2 nitrogen and oxygen atoms in total. The number of thioether (sulfide) groups is 1. The van der Waals surface area contributed by atoms with Gasteiger partial charge in [-0.2, -0.15) is 0 Å². The largest absolute Gasteiger partial charge is 0.390 e. The average Bonchev–Trinajstić information content (AvgIpc) is 1.89. The van der Waals surface area contributed by atoms with Gasteiger partial charge in [-0.1, -0.05) is 13.5 Å². The van der Waals surface area contributed by atoms with E-state index >= 15 is 0 Å². The van der Waals surface area contributed by atoms with Crippen LogP contribution in [0.15, 0.2) is 17.3 Å². The van der Waals surface area contributed by atoms with Crippen molar-refractivity contribution in [3.63, 3.8) is 0 Å². The summed E-state index contributed by atoms with van der Waals surface area (Å²) in [6.45, 7) is 5.47. The fraction of sp³-hybridized carbons (Fsp3) is 0.500. The molecule has 0 radical (unpaired) electrons. The second kappa shape index (κ2) is 5.85. The number of nitrogens with zero attached hydrogens (tertiary/aromatic N) is 1. The number of hydrogen-bond acceptors (Lipinski definition) is 3. The van der Waals surface area contributed by atoms with Crippen molar-refractivity contribution in [1.82, 2.24) is 0 Å². The molecule has 1 N–H and O–H groups in total. The highest BCUT2D eigenvalue weighted by molar-refractivity contribution is 8.12. The van der Waals surface area contributed by atoms with Crippen LogP contribution in [0.3, 0.4) is 0 Å². The lowest BCUT2D eigenvalue weighted by atomic mass is 10.6. The first-order valence-electron chi connectivity index (χ1n) is 2.74. The van der Waals surface area contributed by atoms with Crippen molar-refractivity contribution in [1.29, 1.82) is 0 Å². The third-order valence-corrected chi connectivity index (χ3v) is 1.25. The lowest BCUT2D eigenvalue weighted by Crippen LogP contribution is -1.82. The molecule has 0 rings (SSSR count). The molecular formula is C6H11NOS. The minimum absolute atomic E-state index is 0.0548. The first kappa shape index (κ1) is 8.72. The molecule has 52 valence electrons. The SMILES string of the molecule is C=C(CO)N=CSCC. The van der Waals surface area contributed by atoms with Crippen molar-refractivity contribution < 1.29 is 5.11 Å². The van der Waals surface area contributed by atoms with Crippen molar-refractivity contribution in [2.75, 3.05) is 12.4 Å². The van der Waals surface area contributed by atoms with E-state index in [1.807, 2.05) is 6.92 Å². The lowest BCUT2D eigenvalue weighted by molar-refractivity contribution is 0.330. The summed E-state index contributed by atoms with van der Waals surface area (Å²) < 4.78 is 0. The smallest absolute Gasteiger partial charge is 0.0847 e. The van der Waals surface area contributed by atoms with Crippen LogP contribution in [0.4, 0.5) is 0 Å². The summed E-state index contributed by atoms with van der Waals surface area (Å²) in [7, 11) is 0. The van der Waals surface area contributed by atoms with Crippen LogP contribution in [0.1, 0.15) is 6.92 Å². The van der Waals surface area contributed by atoms with Gasteiger partial charge in [0.25, 0.3) is 0 Å². The van der Waals surface area contributed by atoms with Gasteiger partial charge in [0.15, 0.2) is 0 Å². The molecule has 9 heavy (non-hydrogen) atoms. The van der Waals surface area contributed by atoms with Gasteiger partial charge >= 0.3 is 0 Å². The highest BCUT2D eigenvalue weighted by Crippen LogP contribution is 1.95. The van der Waals surface area contributed by atoms with Crippen molar-refractivity contribution in [3.8, 4) is 0 Å². The van der Waals surface area contributed by atoms with E-state index in [-0.39, 0.29) is 6.61 Å². The molecule has 0 fully saturated rings. The Balaban J connectivity index is 3.32. The first-order chi connectivity index (χ1) is 4.31. The molecule has 0 bridgehead atoms. The molecule has 0 aromatic heterocycles. The van der Waals surface area contributed by atoms with E-state index < -0.39 is 0 Å². The minimum Gasteiger partial charge on any atom is -0.390 e. The Morgan fingerprint density at radius 2 is 2.56 bits per heavy atom. The van der Waals surface area contributed by atoms with E-state index in [9.17, 15) is 0 Å². The first-order valence-corrected chi connectivity index (χ1v) is 3.79. The molecule has 0 heterocycles. The van der Waals surface area contributed by atoms with Gasteiger partial charge < -0.3 is 5.11 Å². The quantitative estimate of drug-likeness (QED) is 0.477. The number of aliphatic hydroxyl groups excluding tert-OH is 1. The summed E-state index contributed by atoms with van der Waals surface area (Å²) in [6, 6.07) is 0. The van der Waals surface area contributed by atoms with E-state index in [2.05, 4.69) is 11.6 Å². The normalized spacial score (nSPS) is 10.4. The molecule has 0 spiro atoms. The summed E-state index contributed by atoms with van der Waals surface area (Å²) in [6.07, 6.45) is 0. The molecule has 0 atom stereocenters. The Bertz CT molecular complexity index is 112. The highest BCUT2D eigenvalue weighted by Gasteiger charge is 1.81. The van der Waals surface area contributed by atoms with Crippen molar-refractivity contribution in [2.45, 2.75) is 6.92 Å². The van der Waals surface area contributed by atoms with Gasteiger partial charge in [0, 0.05) is 0 Å². The Morgan fingerprint density at radius 3 is 3.00 bits per heavy atom. The van der Waals surface area contributed by atoms with Crippen molar-refractivity contribution in [3.05, 3.63) is 12.3 Å². The molecule has 3 heteroatoms. The Labute approximate surface area is 59.7 Å². The molecule has 0 saturated carbocycles. The van der Waals surface area contributed by atoms with Crippen LogP contribution in [-0.4, -0.2) is 23.0 Å². The van der Waals surface area contributed by atoms with Crippen LogP contribution in [-0.2, 0) is 0 Å². The van der Waals surface area contributed by atoms with Gasteiger partial charge in [-0.15, -0.1) is 11.8 Å². The fourth-order valence-electron chi connectivity index (χ4n) is 0.227. The Kier molecular flexibility index (Phi) is 5.67. The van der Waals surface area contributed by atoms with Gasteiger partial charge in [0.05, 0.1) is 17.9 Å². The topological polar surface area (TPSA) is 32.6 Å². The second-order valence-electron chi connectivity index (χ2n) is 1.41. The summed E-state index contributed by atoms with van der Waals surface area (Å²) >= 11 is 1.59. The maximum Gasteiger partial charge on any atom is 0.0847 e. The summed E-state index contributed by atoms with van der Waals surface area (Å²) in [5.41, 5.74) is 2.20. The molecule has 0 amide bonds. The molecule has 0 aromatic rings. The molecule has 0 aromatic carbocycles. The van der Waals surface area contributed by atoms with Crippen LogP contribution in [0.25, 0.3) is 0 Å². The van der Waals surface area contributed by atoms with Gasteiger partial charge in [0.1, 0.15) is 0 Å². The molecule has 0 aliphatic rings. The number of hydrogen-bond donors (Lipinski definition) is 1. The van der Waals surface area contributed by atoms with Gasteiger partial charge in [0.2, 0.25) is 0 Å². The molecule has 0 unspecified atom stereocenters. The summed E-state index contributed by atoms with van der Waals surface area (Å²) in [5.74, 6) is 1.00. The Hall–Kier alpha value is -0.280. The zero-order chi connectivity index (χ0) is 7.11. The van der Waals surface area contributed by atoms with Gasteiger partial charge in [-0.25, -0.2) is 0 Å². The van der Waals surface area contributed by atoms with Crippen LogP contribution < -0.4 is 0 Å². The standard InChI is InChI=1S/C6H11NOS/c1-3-9-5-7-6(2)4-8/h5,8H,2-4H2,1H3. The molecule has 0 aliphatic carbocycles. The third-order valence-electron chi connectivity index (χ3n) is 0.659. The van der Waals surface area contributed by atoms with Crippen molar-refractivity contribution >= 4 is 17.3 Å². The zero-order valence-electron chi connectivity index (χ0n) is 5.50. The highest BCUT2D eigenvalue weighted by atomic mass is 32.2. The Morgan fingerprint density at radius 1 is 1.89 bits per heavy atom. The van der Waals surface area contributed by atoms with Gasteiger partial charge in [-0.05, 0) is 5.75 Å². The summed E-state index contributed by atoms with van der Waals surface area (Å²) in [5, 5.41) is 8.41. The molecule has 0 saturated heterocycles. The van der Waals surface area contributed by atoms with Crippen LogP contribution in [0, 0.1) is 0 Å². The monoisotopic (exact) mass is 145 g/mol. The zero-order valence-corrected chi connectivity index (χ0v) is 6.32. The predicted molar refractivity (Wildman–Crippen MR) is 42.8 cm³/mol. The number of rotatable bonds is 4. The van der Waals surface area contributed by atoms with Crippen LogP contribution in [0.2, 0.25) is 0 Å². The predicted octanol–water partition coefficient (Wildman–Crippen LogP) is 1.27. The van der Waals surface area contributed by atoms with E-state index in [4.69, 9.17) is 5.11 Å². The molecular weight excluding hydrogens is 134 g/mol. The maximum atomic E-state index is 8.41. The minimum atomic E-state index is -0.0548. The van der Waals surface area contributed by atoms with E-state index in [0.29, 0.717) is 5.70 Å². The van der Waals surface area contributed by atoms with E-state index in [1.54, 1.807) is 17.3 Å². The average molecular weight is 145 g/mol. The lowest BCUT2D eigenvalue weighted by Gasteiger charge is -1.88. The van der Waals surface area contributed by atoms with E-state index in [1.165, 1.54) is 0 Å². The summed E-state index contributed by atoms with van der Waals surface area (Å²) in [4.78, 5) is 3.83. The maximum absolute atomic E-state index is 8.41. The van der Waals surface area contributed by atoms with Crippen molar-refractivity contribution in [2.24, 2.45) is 4.99 Å². The third kappa shape index (κ3) is 5.59. The molecule has 0 aliphatic heterocycles. The number of aliphatic imine (C=N–C) groups is 1.